The van der Waals surface area contributed by atoms with Crippen molar-refractivity contribution in [2.24, 2.45) is 5.10 Å². The Bertz CT molecular complexity index is 721. The predicted molar refractivity (Wildman–Crippen MR) is 76.6 cm³/mol. The van der Waals surface area contributed by atoms with Crippen LogP contribution in [0, 0.1) is 0 Å². The number of aromatic nitrogens is 3. The summed E-state index contributed by atoms with van der Waals surface area (Å²) in [5.41, 5.74) is 5.51. The van der Waals surface area contributed by atoms with Crippen molar-refractivity contribution in [3.05, 3.63) is 53.7 Å². The first-order valence-electron chi connectivity index (χ1n) is 5.65. The van der Waals surface area contributed by atoms with Gasteiger partial charge in [-0.2, -0.15) is 5.10 Å². The minimum atomic E-state index is 0.665. The highest BCUT2D eigenvalue weighted by atomic mass is 35.5. The van der Waals surface area contributed by atoms with E-state index in [1.54, 1.807) is 24.9 Å². The number of anilines is 1. The first kappa shape index (κ1) is 11.7. The number of pyridine rings is 1. The number of hydrogen-bond acceptors (Lipinski definition) is 4. The van der Waals surface area contributed by atoms with Crippen LogP contribution < -0.4 is 5.43 Å². The van der Waals surface area contributed by atoms with Crippen molar-refractivity contribution in [1.29, 1.82) is 0 Å². The number of nitrogens with zero attached hydrogens (tertiary/aromatic N) is 3. The monoisotopic (exact) mass is 271 g/mol. The van der Waals surface area contributed by atoms with E-state index < -0.39 is 0 Å². The van der Waals surface area contributed by atoms with E-state index in [-0.39, 0.29) is 0 Å². The molecule has 0 saturated carbocycles. The molecule has 0 aliphatic heterocycles. The molecule has 94 valence electrons. The minimum absolute atomic E-state index is 0.665. The van der Waals surface area contributed by atoms with Gasteiger partial charge in [0, 0.05) is 16.6 Å². The molecule has 0 aliphatic rings. The minimum Gasteiger partial charge on any atom is -0.344 e. The Hall–Kier alpha value is -2.40. The zero-order chi connectivity index (χ0) is 13.1. The number of aromatic amines is 1. The summed E-state index contributed by atoms with van der Waals surface area (Å²) in [6, 6.07) is 7.43. The maximum absolute atomic E-state index is 5.94. The molecule has 0 aliphatic carbocycles. The molecule has 0 spiro atoms. The van der Waals surface area contributed by atoms with Crippen LogP contribution in [0.1, 0.15) is 5.69 Å². The average Bonchev–Trinajstić information content (AvgIpc) is 2.92. The molecule has 3 rings (SSSR count). The zero-order valence-electron chi connectivity index (χ0n) is 9.84. The van der Waals surface area contributed by atoms with Gasteiger partial charge in [-0.25, -0.2) is 4.98 Å². The van der Waals surface area contributed by atoms with Crippen molar-refractivity contribution < 1.29 is 0 Å². The van der Waals surface area contributed by atoms with Gasteiger partial charge in [0.15, 0.2) is 0 Å². The van der Waals surface area contributed by atoms with Crippen LogP contribution in [-0.4, -0.2) is 21.2 Å². The average molecular weight is 272 g/mol. The molecule has 2 aromatic heterocycles. The Balaban J connectivity index is 1.89. The van der Waals surface area contributed by atoms with Crippen molar-refractivity contribution in [3.63, 3.8) is 0 Å². The van der Waals surface area contributed by atoms with Crippen LogP contribution >= 0.6 is 11.6 Å². The number of fused-ring (bicyclic) bond motifs is 1. The second kappa shape index (κ2) is 5.07. The topological polar surface area (TPSA) is 66.0 Å². The fraction of sp³-hybridized carbons (Fsp3) is 0. The first-order chi connectivity index (χ1) is 9.33. The summed E-state index contributed by atoms with van der Waals surface area (Å²) in [5.74, 6) is 0. The van der Waals surface area contributed by atoms with E-state index in [4.69, 9.17) is 11.6 Å². The van der Waals surface area contributed by atoms with Crippen LogP contribution in [0.5, 0.6) is 0 Å². The van der Waals surface area contributed by atoms with E-state index in [1.807, 2.05) is 24.3 Å². The third kappa shape index (κ3) is 2.56. The largest absolute Gasteiger partial charge is 0.344 e. The predicted octanol–water partition coefficient (Wildman–Crippen LogP) is 3.06. The van der Waals surface area contributed by atoms with Crippen LogP contribution in [-0.2, 0) is 0 Å². The second-order valence-corrected chi connectivity index (χ2v) is 4.33. The SMILES string of the molecule is Clc1ccc2c(NN=Cc3cnc[nH]3)ccnc2c1. The summed E-state index contributed by atoms with van der Waals surface area (Å²) in [7, 11) is 0. The third-order valence-corrected chi connectivity index (χ3v) is 2.85. The quantitative estimate of drug-likeness (QED) is 0.568. The van der Waals surface area contributed by atoms with E-state index in [0.29, 0.717) is 5.02 Å². The number of rotatable bonds is 3. The summed E-state index contributed by atoms with van der Waals surface area (Å²) in [4.78, 5) is 11.1. The molecule has 0 atom stereocenters. The first-order valence-corrected chi connectivity index (χ1v) is 6.02. The summed E-state index contributed by atoms with van der Waals surface area (Å²) < 4.78 is 0. The molecule has 5 nitrogen and oxygen atoms in total. The molecule has 2 N–H and O–H groups in total. The molecule has 0 unspecified atom stereocenters. The van der Waals surface area contributed by atoms with Gasteiger partial charge in [0.1, 0.15) is 0 Å². The summed E-state index contributed by atoms with van der Waals surface area (Å²) >= 11 is 5.94. The second-order valence-electron chi connectivity index (χ2n) is 3.90. The van der Waals surface area contributed by atoms with Gasteiger partial charge in [-0.05, 0) is 24.3 Å². The lowest BCUT2D eigenvalue weighted by molar-refractivity contribution is 1.30. The molecule has 0 saturated heterocycles. The lowest BCUT2D eigenvalue weighted by Crippen LogP contribution is -1.92. The number of benzene rings is 1. The van der Waals surface area contributed by atoms with E-state index in [0.717, 1.165) is 22.3 Å². The molecule has 0 amide bonds. The van der Waals surface area contributed by atoms with Crippen LogP contribution in [0.4, 0.5) is 5.69 Å². The lowest BCUT2D eigenvalue weighted by atomic mass is 10.2. The Kier molecular flexibility index (Phi) is 3.12. The molecule has 0 bridgehead atoms. The normalized spacial score (nSPS) is 11.2. The van der Waals surface area contributed by atoms with Crippen LogP contribution in [0.2, 0.25) is 5.02 Å². The molecule has 6 heteroatoms. The van der Waals surface area contributed by atoms with Crippen molar-refractivity contribution in [3.8, 4) is 0 Å². The van der Waals surface area contributed by atoms with Crippen molar-refractivity contribution in [1.82, 2.24) is 15.0 Å². The fourth-order valence-corrected chi connectivity index (χ4v) is 1.89. The van der Waals surface area contributed by atoms with Gasteiger partial charge in [-0.3, -0.25) is 10.4 Å². The number of H-pyrrole nitrogens is 1. The van der Waals surface area contributed by atoms with Crippen molar-refractivity contribution in [2.45, 2.75) is 0 Å². The number of hydrogen-bond donors (Lipinski definition) is 2. The standard InChI is InChI=1S/C13H10ClN5/c14-9-1-2-11-12(3-4-16-13(11)5-9)19-18-7-10-6-15-8-17-10/h1-8H,(H,15,17)(H,16,19). The molecule has 0 radical (unpaired) electrons. The van der Waals surface area contributed by atoms with E-state index in [9.17, 15) is 0 Å². The molecular formula is C13H10ClN5. The van der Waals surface area contributed by atoms with Gasteiger partial charge in [0.2, 0.25) is 0 Å². The molecular weight excluding hydrogens is 262 g/mol. The Morgan fingerprint density at radius 2 is 2.26 bits per heavy atom. The summed E-state index contributed by atoms with van der Waals surface area (Å²) in [5, 5.41) is 5.78. The Morgan fingerprint density at radius 3 is 3.11 bits per heavy atom. The zero-order valence-corrected chi connectivity index (χ0v) is 10.6. The van der Waals surface area contributed by atoms with Gasteiger partial charge < -0.3 is 4.98 Å². The van der Waals surface area contributed by atoms with E-state index >= 15 is 0 Å². The van der Waals surface area contributed by atoms with Crippen molar-refractivity contribution >= 4 is 34.4 Å². The number of nitrogens with one attached hydrogen (secondary N) is 2. The lowest BCUT2D eigenvalue weighted by Gasteiger charge is -2.04. The molecule has 19 heavy (non-hydrogen) atoms. The van der Waals surface area contributed by atoms with Crippen LogP contribution in [0.15, 0.2) is 48.1 Å². The maximum atomic E-state index is 5.94. The number of imidazole rings is 1. The highest BCUT2D eigenvalue weighted by Gasteiger charge is 2.01. The van der Waals surface area contributed by atoms with Gasteiger partial charge in [0.25, 0.3) is 0 Å². The Labute approximate surface area is 114 Å². The van der Waals surface area contributed by atoms with E-state index in [2.05, 4.69) is 25.5 Å². The molecule has 3 aromatic rings. The van der Waals surface area contributed by atoms with Gasteiger partial charge in [0.05, 0.1) is 35.6 Å². The smallest absolute Gasteiger partial charge is 0.0924 e. The van der Waals surface area contributed by atoms with Gasteiger partial charge in [-0.1, -0.05) is 11.6 Å². The fourth-order valence-electron chi connectivity index (χ4n) is 1.73. The molecule has 0 fully saturated rings. The summed E-state index contributed by atoms with van der Waals surface area (Å²) in [6.07, 6.45) is 6.67. The number of hydrazone groups is 1. The van der Waals surface area contributed by atoms with Gasteiger partial charge in [-0.15, -0.1) is 0 Å². The molecule has 2 heterocycles. The number of halogens is 1. The molecule has 1 aromatic carbocycles. The Morgan fingerprint density at radius 1 is 1.32 bits per heavy atom. The highest BCUT2D eigenvalue weighted by molar-refractivity contribution is 6.31. The summed E-state index contributed by atoms with van der Waals surface area (Å²) in [6.45, 7) is 0. The van der Waals surface area contributed by atoms with E-state index in [1.165, 1.54) is 0 Å². The van der Waals surface area contributed by atoms with Gasteiger partial charge >= 0.3 is 0 Å². The maximum Gasteiger partial charge on any atom is 0.0924 e. The third-order valence-electron chi connectivity index (χ3n) is 2.61. The van der Waals surface area contributed by atoms with Crippen LogP contribution in [0.25, 0.3) is 10.9 Å². The highest BCUT2D eigenvalue weighted by Crippen LogP contribution is 2.24. The van der Waals surface area contributed by atoms with Crippen LogP contribution in [0.3, 0.4) is 0 Å². The van der Waals surface area contributed by atoms with Crippen molar-refractivity contribution in [2.75, 3.05) is 5.43 Å².